The van der Waals surface area contributed by atoms with Crippen LogP contribution in [0, 0.1) is 5.41 Å². The number of hydrogen-bond donors (Lipinski definition) is 0. The van der Waals surface area contributed by atoms with Crippen LogP contribution in [-0.4, -0.2) is 11.6 Å². The number of rotatable bonds is 4. The first-order valence-electron chi connectivity index (χ1n) is 14.8. The van der Waals surface area contributed by atoms with Crippen molar-refractivity contribution in [2.24, 2.45) is 5.41 Å². The molecule has 42 heavy (non-hydrogen) atoms. The summed E-state index contributed by atoms with van der Waals surface area (Å²) in [5.41, 5.74) is 6.53. The minimum Gasteiger partial charge on any atom is -0.293 e. The van der Waals surface area contributed by atoms with E-state index in [1.807, 2.05) is 0 Å². The van der Waals surface area contributed by atoms with Gasteiger partial charge in [0.05, 0.1) is 18.7 Å². The Kier molecular flexibility index (Phi) is 8.58. The van der Waals surface area contributed by atoms with E-state index >= 15 is 0 Å². The van der Waals surface area contributed by atoms with Gasteiger partial charge in [0.25, 0.3) is 0 Å². The summed E-state index contributed by atoms with van der Waals surface area (Å²) in [7, 11) is 0. The van der Waals surface area contributed by atoms with E-state index in [0.717, 1.165) is 18.7 Å². The maximum absolute atomic E-state index is 14.6. The highest BCUT2D eigenvalue weighted by Crippen LogP contribution is 2.51. The zero-order chi connectivity index (χ0) is 31.8. The second kappa shape index (κ2) is 10.8. The third kappa shape index (κ3) is 6.31. The highest BCUT2D eigenvalue weighted by atomic mass is 79.9. The fourth-order valence-electron chi connectivity index (χ4n) is 5.77. The second-order valence-corrected chi connectivity index (χ2v) is 20.0. The molecule has 4 rings (SSSR count). The van der Waals surface area contributed by atoms with Gasteiger partial charge in [-0.15, -0.1) is 11.3 Å². The zero-order valence-corrected chi connectivity index (χ0v) is 31.3. The Hall–Kier alpha value is -1.56. The summed E-state index contributed by atoms with van der Waals surface area (Å²) in [5, 5.41) is 0. The number of thiophene rings is 1. The lowest BCUT2D eigenvalue weighted by Gasteiger charge is -2.31. The van der Waals surface area contributed by atoms with Crippen LogP contribution in [0.15, 0.2) is 44.0 Å². The first-order valence-corrected chi connectivity index (χ1v) is 17.2. The smallest absolute Gasteiger partial charge is 0.180 e. The molecule has 0 saturated carbocycles. The zero-order valence-electron chi connectivity index (χ0n) is 27.4. The Labute approximate surface area is 274 Å². The van der Waals surface area contributed by atoms with E-state index < -0.39 is 5.41 Å². The van der Waals surface area contributed by atoms with E-state index in [9.17, 15) is 9.59 Å². The molecule has 0 fully saturated rings. The summed E-state index contributed by atoms with van der Waals surface area (Å²) in [5.74, 6) is -0.151. The molecule has 0 spiro atoms. The van der Waals surface area contributed by atoms with Crippen LogP contribution in [0.5, 0.6) is 0 Å². The van der Waals surface area contributed by atoms with Crippen molar-refractivity contribution in [1.29, 1.82) is 0 Å². The summed E-state index contributed by atoms with van der Waals surface area (Å²) in [6, 6.07) is 13.5. The van der Waals surface area contributed by atoms with Crippen molar-refractivity contribution in [2.75, 3.05) is 0 Å². The standard InChI is InChI=1S/C37H46Br2O2S/c1-33(2,3)23-13-21(14-24(17-23)34(4,5)6)19-37(29(40)27-28(30(37)41)32(39)42-31(27)38)20-22-15-25(35(7,8)9)18-26(16-22)36(10,11)12/h13-18H,19-20H2,1-12H3. The van der Waals surface area contributed by atoms with Crippen LogP contribution in [-0.2, 0) is 34.5 Å². The molecule has 1 aliphatic carbocycles. The number of halogens is 2. The van der Waals surface area contributed by atoms with Crippen molar-refractivity contribution in [3.05, 3.63) is 88.5 Å². The molecule has 0 radical (unpaired) electrons. The van der Waals surface area contributed by atoms with Crippen LogP contribution in [0.1, 0.15) is 137 Å². The number of benzene rings is 2. The van der Waals surface area contributed by atoms with Crippen molar-refractivity contribution >= 4 is 54.8 Å². The molecule has 2 aromatic carbocycles. The SMILES string of the molecule is CC(C)(C)c1cc(CC2(Cc3cc(C(C)(C)C)cc(C(C)(C)C)c3)C(=O)c3c(Br)sc(Br)c3C2=O)cc(C(C)(C)C)c1. The molecule has 1 heterocycles. The molecular weight excluding hydrogens is 668 g/mol. The molecule has 0 atom stereocenters. The predicted octanol–water partition coefficient (Wildman–Crippen LogP) is 11.3. The van der Waals surface area contributed by atoms with Gasteiger partial charge >= 0.3 is 0 Å². The van der Waals surface area contributed by atoms with E-state index in [1.165, 1.54) is 33.6 Å². The second-order valence-electron chi connectivity index (χ2n) is 16.3. The molecule has 0 bridgehead atoms. The number of ketones is 2. The number of hydrogen-bond acceptors (Lipinski definition) is 3. The van der Waals surface area contributed by atoms with E-state index in [4.69, 9.17) is 0 Å². The van der Waals surface area contributed by atoms with E-state index in [2.05, 4.69) is 151 Å². The van der Waals surface area contributed by atoms with E-state index in [0.29, 0.717) is 24.0 Å². The van der Waals surface area contributed by atoms with Gasteiger partial charge in [-0.1, -0.05) is 119 Å². The van der Waals surface area contributed by atoms with Gasteiger partial charge in [0.2, 0.25) is 0 Å². The Morgan fingerprint density at radius 2 is 0.786 bits per heavy atom. The molecule has 2 nitrogen and oxygen atoms in total. The van der Waals surface area contributed by atoms with Crippen LogP contribution in [0.4, 0.5) is 0 Å². The van der Waals surface area contributed by atoms with Gasteiger partial charge in [-0.2, -0.15) is 0 Å². The third-order valence-electron chi connectivity index (χ3n) is 8.61. The monoisotopic (exact) mass is 712 g/mol. The van der Waals surface area contributed by atoms with E-state index in [1.54, 1.807) is 0 Å². The van der Waals surface area contributed by atoms with Crippen molar-refractivity contribution in [3.8, 4) is 0 Å². The molecule has 0 unspecified atom stereocenters. The molecule has 0 aliphatic heterocycles. The average Bonchev–Trinajstić information content (AvgIpc) is 3.23. The van der Waals surface area contributed by atoms with Gasteiger partial charge in [0.1, 0.15) is 5.41 Å². The lowest BCUT2D eigenvalue weighted by molar-refractivity contribution is 0.0694. The quantitative estimate of drug-likeness (QED) is 0.252. The van der Waals surface area contributed by atoms with Crippen LogP contribution >= 0.6 is 43.2 Å². The number of Topliss-reactive ketones (excluding diaryl/α,β-unsaturated/α-hetero) is 2. The fraction of sp³-hybridized carbons (Fsp3) is 0.514. The molecule has 0 saturated heterocycles. The Bertz CT molecular complexity index is 1380. The molecule has 5 heteroatoms. The molecule has 0 amide bonds. The summed E-state index contributed by atoms with van der Waals surface area (Å²) >= 11 is 8.66. The summed E-state index contributed by atoms with van der Waals surface area (Å²) in [4.78, 5) is 29.3. The number of carbonyl (C=O) groups excluding carboxylic acids is 2. The summed E-state index contributed by atoms with van der Waals surface area (Å²) in [6.45, 7) is 26.6. The maximum Gasteiger partial charge on any atom is 0.180 e. The summed E-state index contributed by atoms with van der Waals surface area (Å²) < 4.78 is 1.45. The van der Waals surface area contributed by atoms with Crippen LogP contribution in [0.3, 0.4) is 0 Å². The lowest BCUT2D eigenvalue weighted by atomic mass is 9.70. The third-order valence-corrected chi connectivity index (χ3v) is 11.1. The fourth-order valence-corrected chi connectivity index (χ4v) is 8.90. The molecular formula is C37H46Br2O2S. The average molecular weight is 715 g/mol. The van der Waals surface area contributed by atoms with Crippen molar-refractivity contribution in [2.45, 2.75) is 118 Å². The highest BCUT2D eigenvalue weighted by Gasteiger charge is 2.55. The molecule has 0 N–H and O–H groups in total. The van der Waals surface area contributed by atoms with Gasteiger partial charge in [0.15, 0.2) is 11.6 Å². The topological polar surface area (TPSA) is 34.1 Å². The first kappa shape index (κ1) is 33.3. The van der Waals surface area contributed by atoms with Crippen LogP contribution in [0.2, 0.25) is 0 Å². The van der Waals surface area contributed by atoms with Gasteiger partial charge in [-0.3, -0.25) is 9.59 Å². The maximum atomic E-state index is 14.6. The minimum atomic E-state index is -1.22. The summed E-state index contributed by atoms with van der Waals surface area (Å²) in [6.07, 6.45) is 0.723. The highest BCUT2D eigenvalue weighted by molar-refractivity contribution is 9.12. The normalized spacial score (nSPS) is 15.9. The minimum absolute atomic E-state index is 0.0697. The van der Waals surface area contributed by atoms with Gasteiger partial charge in [0, 0.05) is 0 Å². The first-order chi connectivity index (χ1) is 18.9. The van der Waals surface area contributed by atoms with Crippen LogP contribution < -0.4 is 0 Å². The van der Waals surface area contributed by atoms with Crippen molar-refractivity contribution in [1.82, 2.24) is 0 Å². The molecule has 1 aliphatic rings. The van der Waals surface area contributed by atoms with Crippen LogP contribution in [0.25, 0.3) is 0 Å². The Morgan fingerprint density at radius 1 is 0.524 bits per heavy atom. The Balaban J connectivity index is 1.97. The van der Waals surface area contributed by atoms with Gasteiger partial charge < -0.3 is 0 Å². The van der Waals surface area contributed by atoms with E-state index in [-0.39, 0.29) is 33.2 Å². The largest absolute Gasteiger partial charge is 0.293 e. The van der Waals surface area contributed by atoms with Gasteiger partial charge in [-0.05, 0) is 99.7 Å². The molecule has 226 valence electrons. The van der Waals surface area contributed by atoms with Crippen molar-refractivity contribution in [3.63, 3.8) is 0 Å². The molecule has 1 aromatic heterocycles. The predicted molar refractivity (Wildman–Crippen MR) is 186 cm³/mol. The van der Waals surface area contributed by atoms with Crippen molar-refractivity contribution < 1.29 is 9.59 Å². The number of carbonyl (C=O) groups is 2. The number of fused-ring (bicyclic) bond motifs is 1. The molecule has 3 aromatic rings. The van der Waals surface area contributed by atoms with Gasteiger partial charge in [-0.25, -0.2) is 0 Å². The Morgan fingerprint density at radius 3 is 1.02 bits per heavy atom. The lowest BCUT2D eigenvalue weighted by Crippen LogP contribution is -2.39.